The van der Waals surface area contributed by atoms with Crippen LogP contribution in [0.2, 0.25) is 0 Å². The van der Waals surface area contributed by atoms with Crippen LogP contribution >= 0.6 is 0 Å². The molecule has 26 heavy (non-hydrogen) atoms. The van der Waals surface area contributed by atoms with Gasteiger partial charge in [-0.15, -0.1) is 0 Å². The molecule has 0 fully saturated rings. The molecule has 3 aromatic rings. The highest BCUT2D eigenvalue weighted by Crippen LogP contribution is 2.22. The van der Waals surface area contributed by atoms with Gasteiger partial charge in [0.2, 0.25) is 5.91 Å². The van der Waals surface area contributed by atoms with Gasteiger partial charge in [0.15, 0.2) is 0 Å². The van der Waals surface area contributed by atoms with Gasteiger partial charge >= 0.3 is 0 Å². The number of amides is 2. The number of primary amides is 1. The topological polar surface area (TPSA) is 104 Å². The lowest BCUT2D eigenvalue weighted by molar-refractivity contribution is -0.116. The predicted molar refractivity (Wildman–Crippen MR) is 99.7 cm³/mol. The molecule has 0 saturated heterocycles. The SMILES string of the molecule is NC(=O)CN(Cc1ccccc1)c1cccc(NC(=O)c2ccn[nH]2)c1. The van der Waals surface area contributed by atoms with E-state index >= 15 is 0 Å². The van der Waals surface area contributed by atoms with Crippen molar-refractivity contribution in [1.82, 2.24) is 10.2 Å². The Morgan fingerprint density at radius 2 is 1.88 bits per heavy atom. The van der Waals surface area contributed by atoms with Gasteiger partial charge in [0.05, 0.1) is 6.54 Å². The van der Waals surface area contributed by atoms with Crippen molar-refractivity contribution in [3.8, 4) is 0 Å². The fourth-order valence-electron chi connectivity index (χ4n) is 2.59. The fourth-order valence-corrected chi connectivity index (χ4v) is 2.59. The molecule has 0 saturated carbocycles. The molecule has 0 atom stereocenters. The Hall–Kier alpha value is -3.61. The Labute approximate surface area is 150 Å². The summed E-state index contributed by atoms with van der Waals surface area (Å²) in [5, 5.41) is 9.19. The lowest BCUT2D eigenvalue weighted by Crippen LogP contribution is -2.33. The Bertz CT molecular complexity index is 878. The van der Waals surface area contributed by atoms with Crippen LogP contribution in [-0.2, 0) is 11.3 Å². The number of nitrogens with zero attached hydrogens (tertiary/aromatic N) is 2. The smallest absolute Gasteiger partial charge is 0.273 e. The zero-order valence-corrected chi connectivity index (χ0v) is 14.1. The summed E-state index contributed by atoms with van der Waals surface area (Å²) >= 11 is 0. The molecule has 0 spiro atoms. The Kier molecular flexibility index (Phi) is 5.28. The van der Waals surface area contributed by atoms with Crippen LogP contribution in [0.3, 0.4) is 0 Å². The molecule has 0 unspecified atom stereocenters. The number of nitrogens with two attached hydrogens (primary N) is 1. The molecule has 1 aromatic heterocycles. The van der Waals surface area contributed by atoms with Crippen LogP contribution in [0.15, 0.2) is 66.9 Å². The number of carbonyl (C=O) groups excluding carboxylic acids is 2. The second-order valence-corrected chi connectivity index (χ2v) is 5.78. The van der Waals surface area contributed by atoms with Gasteiger partial charge in [-0.1, -0.05) is 36.4 Å². The number of hydrogen-bond acceptors (Lipinski definition) is 4. The summed E-state index contributed by atoms with van der Waals surface area (Å²) in [4.78, 5) is 25.5. The molecule has 1 heterocycles. The molecular weight excluding hydrogens is 330 g/mol. The highest BCUT2D eigenvalue weighted by Gasteiger charge is 2.12. The van der Waals surface area contributed by atoms with E-state index in [1.165, 1.54) is 6.20 Å². The maximum Gasteiger partial charge on any atom is 0.273 e. The second-order valence-electron chi connectivity index (χ2n) is 5.78. The van der Waals surface area contributed by atoms with Crippen molar-refractivity contribution in [2.24, 2.45) is 5.73 Å². The third kappa shape index (κ3) is 4.47. The highest BCUT2D eigenvalue weighted by atomic mass is 16.2. The average molecular weight is 349 g/mol. The third-order valence-corrected chi connectivity index (χ3v) is 3.78. The molecule has 132 valence electrons. The van der Waals surface area contributed by atoms with Crippen LogP contribution in [0.4, 0.5) is 11.4 Å². The lowest BCUT2D eigenvalue weighted by atomic mass is 10.2. The van der Waals surface area contributed by atoms with Gasteiger partial charge < -0.3 is 16.0 Å². The van der Waals surface area contributed by atoms with Crippen LogP contribution in [0.1, 0.15) is 16.1 Å². The molecule has 0 aliphatic rings. The highest BCUT2D eigenvalue weighted by molar-refractivity contribution is 6.03. The number of hydrogen-bond donors (Lipinski definition) is 3. The molecule has 3 rings (SSSR count). The second kappa shape index (κ2) is 7.98. The van der Waals surface area contributed by atoms with Crippen molar-refractivity contribution >= 4 is 23.2 Å². The molecule has 0 aliphatic heterocycles. The van der Waals surface area contributed by atoms with E-state index in [1.54, 1.807) is 18.2 Å². The van der Waals surface area contributed by atoms with E-state index in [2.05, 4.69) is 15.5 Å². The summed E-state index contributed by atoms with van der Waals surface area (Å²) in [6, 6.07) is 18.7. The van der Waals surface area contributed by atoms with E-state index in [4.69, 9.17) is 5.73 Å². The van der Waals surface area contributed by atoms with Crippen LogP contribution in [-0.4, -0.2) is 28.6 Å². The minimum atomic E-state index is -0.423. The monoisotopic (exact) mass is 349 g/mol. The zero-order valence-electron chi connectivity index (χ0n) is 14.1. The van der Waals surface area contributed by atoms with E-state index in [0.717, 1.165) is 11.3 Å². The van der Waals surface area contributed by atoms with Crippen LogP contribution < -0.4 is 16.0 Å². The molecule has 2 aromatic carbocycles. The van der Waals surface area contributed by atoms with Crippen LogP contribution in [0, 0.1) is 0 Å². The molecule has 0 radical (unpaired) electrons. The van der Waals surface area contributed by atoms with Crippen molar-refractivity contribution < 1.29 is 9.59 Å². The molecular formula is C19H19N5O2. The largest absolute Gasteiger partial charge is 0.368 e. The number of rotatable bonds is 7. The van der Waals surface area contributed by atoms with E-state index < -0.39 is 5.91 Å². The Balaban J connectivity index is 1.80. The molecule has 2 amide bonds. The first-order valence-electron chi connectivity index (χ1n) is 8.10. The maximum atomic E-state index is 12.2. The van der Waals surface area contributed by atoms with Crippen molar-refractivity contribution in [2.75, 3.05) is 16.8 Å². The van der Waals surface area contributed by atoms with E-state index in [-0.39, 0.29) is 12.5 Å². The number of benzene rings is 2. The summed E-state index contributed by atoms with van der Waals surface area (Å²) in [5.41, 5.74) is 8.23. The number of carbonyl (C=O) groups is 2. The normalized spacial score (nSPS) is 10.3. The first-order valence-corrected chi connectivity index (χ1v) is 8.10. The average Bonchev–Trinajstić information content (AvgIpc) is 3.17. The van der Waals surface area contributed by atoms with Crippen LogP contribution in [0.5, 0.6) is 0 Å². The summed E-state index contributed by atoms with van der Waals surface area (Å²) in [6.07, 6.45) is 1.51. The fraction of sp³-hybridized carbons (Fsp3) is 0.105. The molecule has 0 aliphatic carbocycles. The molecule has 4 N–H and O–H groups in total. The Morgan fingerprint density at radius 1 is 1.08 bits per heavy atom. The molecule has 0 bridgehead atoms. The number of aromatic amines is 1. The lowest BCUT2D eigenvalue weighted by Gasteiger charge is -2.24. The number of H-pyrrole nitrogens is 1. The third-order valence-electron chi connectivity index (χ3n) is 3.78. The van der Waals surface area contributed by atoms with Gasteiger partial charge in [0.1, 0.15) is 5.69 Å². The van der Waals surface area contributed by atoms with E-state index in [0.29, 0.717) is 17.9 Å². The number of anilines is 2. The first-order chi connectivity index (χ1) is 12.6. The van der Waals surface area contributed by atoms with Gasteiger partial charge in [-0.25, -0.2) is 0 Å². The summed E-state index contributed by atoms with van der Waals surface area (Å²) < 4.78 is 0. The summed E-state index contributed by atoms with van der Waals surface area (Å²) in [5.74, 6) is -0.711. The quantitative estimate of drug-likeness (QED) is 0.608. The summed E-state index contributed by atoms with van der Waals surface area (Å²) in [7, 11) is 0. The molecule has 7 heteroatoms. The van der Waals surface area contributed by atoms with Gasteiger partial charge in [0, 0.05) is 24.1 Å². The van der Waals surface area contributed by atoms with E-state index in [1.807, 2.05) is 47.4 Å². The first kappa shape index (κ1) is 17.2. The van der Waals surface area contributed by atoms with Crippen molar-refractivity contribution in [2.45, 2.75) is 6.54 Å². The van der Waals surface area contributed by atoms with Crippen molar-refractivity contribution in [3.63, 3.8) is 0 Å². The number of aromatic nitrogens is 2. The minimum absolute atomic E-state index is 0.0762. The predicted octanol–water partition coefficient (Wildman–Crippen LogP) is 2.15. The molecule has 7 nitrogen and oxygen atoms in total. The van der Waals surface area contributed by atoms with Crippen molar-refractivity contribution in [3.05, 3.63) is 78.1 Å². The van der Waals surface area contributed by atoms with Gasteiger partial charge in [0.25, 0.3) is 5.91 Å². The van der Waals surface area contributed by atoms with Gasteiger partial charge in [-0.2, -0.15) is 5.10 Å². The zero-order chi connectivity index (χ0) is 18.4. The number of nitrogens with one attached hydrogen (secondary N) is 2. The maximum absolute atomic E-state index is 12.2. The Morgan fingerprint density at radius 3 is 2.58 bits per heavy atom. The minimum Gasteiger partial charge on any atom is -0.368 e. The van der Waals surface area contributed by atoms with E-state index in [9.17, 15) is 9.59 Å². The van der Waals surface area contributed by atoms with Crippen molar-refractivity contribution in [1.29, 1.82) is 0 Å². The van der Waals surface area contributed by atoms with Crippen LogP contribution in [0.25, 0.3) is 0 Å². The summed E-state index contributed by atoms with van der Waals surface area (Å²) in [6.45, 7) is 0.606. The van der Waals surface area contributed by atoms with Gasteiger partial charge in [-0.05, 0) is 29.8 Å². The van der Waals surface area contributed by atoms with Gasteiger partial charge in [-0.3, -0.25) is 14.7 Å². The standard InChI is InChI=1S/C19H19N5O2/c20-18(25)13-24(12-14-5-2-1-3-6-14)16-8-4-7-15(11-16)22-19(26)17-9-10-21-23-17/h1-11H,12-13H2,(H2,20,25)(H,21,23)(H,22,26).